The van der Waals surface area contributed by atoms with Crippen molar-refractivity contribution in [3.8, 4) is 5.75 Å². The van der Waals surface area contributed by atoms with Crippen LogP contribution in [0.4, 0.5) is 0 Å². The predicted molar refractivity (Wildman–Crippen MR) is 92.6 cm³/mol. The van der Waals surface area contributed by atoms with Crippen molar-refractivity contribution >= 4 is 11.8 Å². The van der Waals surface area contributed by atoms with Crippen molar-refractivity contribution in [1.29, 1.82) is 0 Å². The quantitative estimate of drug-likeness (QED) is 0.802. The molecule has 0 spiro atoms. The molecule has 24 heavy (non-hydrogen) atoms. The smallest absolute Gasteiger partial charge is 0.273 e. The molecular weight excluding hydrogens is 304 g/mol. The third-order valence-electron chi connectivity index (χ3n) is 3.29. The summed E-state index contributed by atoms with van der Waals surface area (Å²) in [5.74, 6) is -0.155. The van der Waals surface area contributed by atoms with E-state index in [0.717, 1.165) is 5.56 Å². The fourth-order valence-corrected chi connectivity index (χ4v) is 2.17. The average molecular weight is 326 g/mol. The van der Waals surface area contributed by atoms with Crippen LogP contribution in [0.3, 0.4) is 0 Å². The topological polar surface area (TPSA) is 67.4 Å². The molecule has 5 heteroatoms. The first-order chi connectivity index (χ1) is 11.6. The Hall–Kier alpha value is -2.82. The van der Waals surface area contributed by atoms with Crippen LogP contribution in [0.1, 0.15) is 36.2 Å². The van der Waals surface area contributed by atoms with Gasteiger partial charge in [-0.1, -0.05) is 42.5 Å². The Labute approximate surface area is 142 Å². The van der Waals surface area contributed by atoms with Crippen LogP contribution in [0, 0.1) is 0 Å². The number of hydrazine groups is 1. The average Bonchev–Trinajstić information content (AvgIpc) is 2.58. The number of para-hydroxylation sites is 1. The van der Waals surface area contributed by atoms with Gasteiger partial charge in [-0.3, -0.25) is 20.4 Å². The number of carbonyl (C=O) groups excluding carboxylic acids is 2. The molecule has 126 valence electrons. The van der Waals surface area contributed by atoms with E-state index in [4.69, 9.17) is 4.74 Å². The second kappa shape index (κ2) is 8.72. The van der Waals surface area contributed by atoms with E-state index in [1.807, 2.05) is 44.2 Å². The number of hydrogen-bond acceptors (Lipinski definition) is 3. The summed E-state index contributed by atoms with van der Waals surface area (Å²) in [6.07, 6.45) is 0.878. The summed E-state index contributed by atoms with van der Waals surface area (Å²) in [4.78, 5) is 24.1. The highest BCUT2D eigenvalue weighted by Gasteiger charge is 2.13. The number of rotatable bonds is 6. The van der Waals surface area contributed by atoms with E-state index in [9.17, 15) is 9.59 Å². The van der Waals surface area contributed by atoms with Gasteiger partial charge in [0.1, 0.15) is 5.75 Å². The van der Waals surface area contributed by atoms with Crippen molar-refractivity contribution in [1.82, 2.24) is 10.9 Å². The minimum atomic E-state index is -0.403. The molecule has 2 amide bonds. The molecule has 2 aromatic carbocycles. The fraction of sp³-hybridized carbons (Fsp3) is 0.263. The van der Waals surface area contributed by atoms with Gasteiger partial charge in [0, 0.05) is 6.42 Å². The molecule has 0 aliphatic heterocycles. The van der Waals surface area contributed by atoms with Crippen LogP contribution in [0.25, 0.3) is 0 Å². The number of ether oxygens (including phenoxy) is 1. The first kappa shape index (κ1) is 17.5. The Balaban J connectivity index is 1.85. The molecular formula is C19H22N2O3. The van der Waals surface area contributed by atoms with Gasteiger partial charge in [-0.2, -0.15) is 0 Å². The number of aryl methyl sites for hydroxylation is 1. The van der Waals surface area contributed by atoms with E-state index < -0.39 is 5.91 Å². The van der Waals surface area contributed by atoms with Crippen LogP contribution in [0.15, 0.2) is 54.6 Å². The molecule has 2 rings (SSSR count). The number of nitrogens with one attached hydrogen (secondary N) is 2. The van der Waals surface area contributed by atoms with Gasteiger partial charge < -0.3 is 4.74 Å². The second-order valence-corrected chi connectivity index (χ2v) is 5.65. The summed E-state index contributed by atoms with van der Waals surface area (Å²) >= 11 is 0. The highest BCUT2D eigenvalue weighted by atomic mass is 16.5. The van der Waals surface area contributed by atoms with E-state index in [1.165, 1.54) is 0 Å². The van der Waals surface area contributed by atoms with E-state index in [1.54, 1.807) is 24.3 Å². The van der Waals surface area contributed by atoms with Crippen LogP contribution in [0.5, 0.6) is 5.75 Å². The first-order valence-corrected chi connectivity index (χ1v) is 7.95. The van der Waals surface area contributed by atoms with Crippen LogP contribution in [0.2, 0.25) is 0 Å². The Morgan fingerprint density at radius 3 is 2.33 bits per heavy atom. The molecule has 0 radical (unpaired) electrons. The van der Waals surface area contributed by atoms with Crippen LogP contribution in [-0.4, -0.2) is 17.9 Å². The summed E-state index contributed by atoms with van der Waals surface area (Å²) in [5.41, 5.74) is 6.33. The lowest BCUT2D eigenvalue weighted by Gasteiger charge is -2.14. The normalized spacial score (nSPS) is 10.3. The Bertz CT molecular complexity index is 684. The van der Waals surface area contributed by atoms with Crippen molar-refractivity contribution in [2.45, 2.75) is 32.8 Å². The Kier molecular flexibility index (Phi) is 6.37. The maximum Gasteiger partial charge on any atom is 0.273 e. The van der Waals surface area contributed by atoms with Gasteiger partial charge in [0.25, 0.3) is 5.91 Å². The zero-order chi connectivity index (χ0) is 17.4. The summed E-state index contributed by atoms with van der Waals surface area (Å²) in [6.45, 7) is 3.78. The molecule has 2 aromatic rings. The summed E-state index contributed by atoms with van der Waals surface area (Å²) in [7, 11) is 0. The number of carbonyl (C=O) groups is 2. The van der Waals surface area contributed by atoms with Crippen LogP contribution < -0.4 is 15.6 Å². The third-order valence-corrected chi connectivity index (χ3v) is 3.29. The van der Waals surface area contributed by atoms with E-state index in [2.05, 4.69) is 10.9 Å². The molecule has 0 fully saturated rings. The van der Waals surface area contributed by atoms with E-state index >= 15 is 0 Å². The fourth-order valence-electron chi connectivity index (χ4n) is 2.17. The maximum atomic E-state index is 12.2. The zero-order valence-corrected chi connectivity index (χ0v) is 13.9. The molecule has 0 saturated heterocycles. The van der Waals surface area contributed by atoms with Gasteiger partial charge in [-0.05, 0) is 38.0 Å². The molecule has 0 saturated carbocycles. The van der Waals surface area contributed by atoms with Crippen molar-refractivity contribution in [2.24, 2.45) is 0 Å². The standard InChI is InChI=1S/C19H22N2O3/c1-14(2)24-17-11-7-6-10-16(17)19(23)21-20-18(22)13-12-15-8-4-3-5-9-15/h3-11,14H,12-13H2,1-2H3,(H,20,22)(H,21,23). The van der Waals surface area contributed by atoms with Crippen LogP contribution in [-0.2, 0) is 11.2 Å². The summed E-state index contributed by atoms with van der Waals surface area (Å²) in [5, 5.41) is 0. The summed E-state index contributed by atoms with van der Waals surface area (Å²) < 4.78 is 5.61. The van der Waals surface area contributed by atoms with Crippen LogP contribution >= 0.6 is 0 Å². The highest BCUT2D eigenvalue weighted by Crippen LogP contribution is 2.18. The zero-order valence-electron chi connectivity index (χ0n) is 13.9. The lowest BCUT2D eigenvalue weighted by Crippen LogP contribution is -2.41. The lowest BCUT2D eigenvalue weighted by molar-refractivity contribution is -0.121. The number of hydrogen-bond donors (Lipinski definition) is 2. The van der Waals surface area contributed by atoms with Crippen molar-refractivity contribution in [2.75, 3.05) is 0 Å². The van der Waals surface area contributed by atoms with Gasteiger partial charge in [-0.25, -0.2) is 0 Å². The molecule has 2 N–H and O–H groups in total. The number of benzene rings is 2. The van der Waals surface area contributed by atoms with Gasteiger partial charge in [-0.15, -0.1) is 0 Å². The molecule has 0 aliphatic carbocycles. The SMILES string of the molecule is CC(C)Oc1ccccc1C(=O)NNC(=O)CCc1ccccc1. The van der Waals surface area contributed by atoms with Gasteiger partial charge >= 0.3 is 0 Å². The molecule has 0 aromatic heterocycles. The monoisotopic (exact) mass is 326 g/mol. The van der Waals surface area contributed by atoms with E-state index in [-0.39, 0.29) is 12.0 Å². The predicted octanol–water partition coefficient (Wildman–Crippen LogP) is 2.87. The molecule has 0 unspecified atom stereocenters. The largest absolute Gasteiger partial charge is 0.490 e. The Morgan fingerprint density at radius 1 is 0.958 bits per heavy atom. The minimum Gasteiger partial charge on any atom is -0.490 e. The molecule has 0 aliphatic rings. The van der Waals surface area contributed by atoms with Crippen molar-refractivity contribution in [3.63, 3.8) is 0 Å². The van der Waals surface area contributed by atoms with Gasteiger partial charge in [0.2, 0.25) is 5.91 Å². The minimum absolute atomic E-state index is 0.0422. The second-order valence-electron chi connectivity index (χ2n) is 5.65. The van der Waals surface area contributed by atoms with Gasteiger partial charge in [0.15, 0.2) is 0 Å². The maximum absolute atomic E-state index is 12.2. The van der Waals surface area contributed by atoms with Crippen molar-refractivity contribution < 1.29 is 14.3 Å². The highest BCUT2D eigenvalue weighted by molar-refractivity contribution is 5.97. The summed E-state index contributed by atoms with van der Waals surface area (Å²) in [6, 6.07) is 16.7. The molecule has 0 heterocycles. The molecule has 0 atom stereocenters. The lowest BCUT2D eigenvalue weighted by atomic mass is 10.1. The first-order valence-electron chi connectivity index (χ1n) is 7.95. The Morgan fingerprint density at radius 2 is 1.62 bits per heavy atom. The van der Waals surface area contributed by atoms with Gasteiger partial charge in [0.05, 0.1) is 11.7 Å². The molecule has 0 bridgehead atoms. The third kappa shape index (κ3) is 5.43. The van der Waals surface area contributed by atoms with Crippen molar-refractivity contribution in [3.05, 3.63) is 65.7 Å². The molecule has 5 nitrogen and oxygen atoms in total. The number of amides is 2. The van der Waals surface area contributed by atoms with E-state index in [0.29, 0.717) is 24.2 Å².